The second-order valence-corrected chi connectivity index (χ2v) is 6.74. The van der Waals surface area contributed by atoms with Crippen LogP contribution in [0.3, 0.4) is 0 Å². The van der Waals surface area contributed by atoms with Gasteiger partial charge < -0.3 is 5.32 Å². The van der Waals surface area contributed by atoms with Crippen molar-refractivity contribution in [3.63, 3.8) is 0 Å². The van der Waals surface area contributed by atoms with Gasteiger partial charge in [0.15, 0.2) is 0 Å². The molecule has 0 aliphatic heterocycles. The highest BCUT2D eigenvalue weighted by molar-refractivity contribution is 5.96. The van der Waals surface area contributed by atoms with Crippen molar-refractivity contribution >= 4 is 5.91 Å². The van der Waals surface area contributed by atoms with Gasteiger partial charge in [-0.1, -0.05) is 30.3 Å². The zero-order valence-electron chi connectivity index (χ0n) is 13.9. The first kappa shape index (κ1) is 18.0. The molecule has 0 unspecified atom stereocenters. The molecule has 2 rings (SSSR count). The standard InChI is InChI=1S/C19H20F3NO/c1-18(2,3)23-17(24)16-10-9-15(19(20,21)22)12-14(16)11-13-7-5-4-6-8-13/h4-10,12H,11H2,1-3H3,(H,23,24). The summed E-state index contributed by atoms with van der Waals surface area (Å²) in [5.74, 6) is -0.373. The molecule has 5 heteroatoms. The molecule has 0 bridgehead atoms. The molecular weight excluding hydrogens is 315 g/mol. The van der Waals surface area contributed by atoms with Crippen LogP contribution in [-0.2, 0) is 12.6 Å². The first-order valence-electron chi connectivity index (χ1n) is 7.63. The lowest BCUT2D eigenvalue weighted by atomic mass is 9.96. The van der Waals surface area contributed by atoms with Gasteiger partial charge >= 0.3 is 6.18 Å². The highest BCUT2D eigenvalue weighted by atomic mass is 19.4. The van der Waals surface area contributed by atoms with Crippen molar-refractivity contribution in [3.05, 3.63) is 70.8 Å². The number of carbonyl (C=O) groups is 1. The van der Waals surface area contributed by atoms with E-state index in [9.17, 15) is 18.0 Å². The number of amides is 1. The summed E-state index contributed by atoms with van der Waals surface area (Å²) in [6, 6.07) is 12.4. The molecule has 0 aliphatic carbocycles. The van der Waals surface area contributed by atoms with Crippen LogP contribution in [0.1, 0.15) is 47.8 Å². The van der Waals surface area contributed by atoms with Crippen LogP contribution in [0.2, 0.25) is 0 Å². The highest BCUT2D eigenvalue weighted by Gasteiger charge is 2.31. The van der Waals surface area contributed by atoms with Crippen molar-refractivity contribution in [2.45, 2.75) is 38.9 Å². The van der Waals surface area contributed by atoms with E-state index in [1.807, 2.05) is 51.1 Å². The molecule has 0 saturated carbocycles. The van der Waals surface area contributed by atoms with Crippen molar-refractivity contribution in [3.8, 4) is 0 Å². The van der Waals surface area contributed by atoms with E-state index < -0.39 is 17.3 Å². The molecule has 0 aliphatic rings. The summed E-state index contributed by atoms with van der Waals surface area (Å²) in [6.45, 7) is 5.48. The zero-order valence-corrected chi connectivity index (χ0v) is 13.9. The number of rotatable bonds is 3. The van der Waals surface area contributed by atoms with Crippen molar-refractivity contribution < 1.29 is 18.0 Å². The normalized spacial score (nSPS) is 12.1. The molecule has 128 valence electrons. The summed E-state index contributed by atoms with van der Waals surface area (Å²) in [5, 5.41) is 2.80. The Bertz CT molecular complexity index is 716. The topological polar surface area (TPSA) is 29.1 Å². The largest absolute Gasteiger partial charge is 0.416 e. The molecule has 24 heavy (non-hydrogen) atoms. The van der Waals surface area contributed by atoms with E-state index in [-0.39, 0.29) is 17.9 Å². The van der Waals surface area contributed by atoms with Crippen LogP contribution >= 0.6 is 0 Å². The number of hydrogen-bond donors (Lipinski definition) is 1. The van der Waals surface area contributed by atoms with Gasteiger partial charge in [0.1, 0.15) is 0 Å². The number of halogens is 3. The van der Waals surface area contributed by atoms with Crippen molar-refractivity contribution in [2.75, 3.05) is 0 Å². The van der Waals surface area contributed by atoms with Crippen LogP contribution in [-0.4, -0.2) is 11.4 Å². The van der Waals surface area contributed by atoms with E-state index in [0.717, 1.165) is 17.7 Å². The number of benzene rings is 2. The summed E-state index contributed by atoms with van der Waals surface area (Å²) in [6.07, 6.45) is -4.18. The fraction of sp³-hybridized carbons (Fsp3) is 0.316. The lowest BCUT2D eigenvalue weighted by Gasteiger charge is -2.22. The Morgan fingerprint density at radius 1 is 1.00 bits per heavy atom. The Morgan fingerprint density at radius 2 is 1.62 bits per heavy atom. The van der Waals surface area contributed by atoms with E-state index in [4.69, 9.17) is 0 Å². The average Bonchev–Trinajstić information content (AvgIpc) is 2.45. The van der Waals surface area contributed by atoms with Crippen molar-refractivity contribution in [2.24, 2.45) is 0 Å². The van der Waals surface area contributed by atoms with E-state index in [0.29, 0.717) is 5.56 Å². The van der Waals surface area contributed by atoms with Gasteiger partial charge in [-0.15, -0.1) is 0 Å². The van der Waals surface area contributed by atoms with E-state index in [1.165, 1.54) is 6.07 Å². The van der Waals surface area contributed by atoms with Gasteiger partial charge in [0.05, 0.1) is 5.56 Å². The average molecular weight is 335 g/mol. The minimum atomic E-state index is -4.44. The predicted molar refractivity (Wildman–Crippen MR) is 87.9 cm³/mol. The van der Waals surface area contributed by atoms with E-state index >= 15 is 0 Å². The Morgan fingerprint density at radius 3 is 2.17 bits per heavy atom. The minimum absolute atomic E-state index is 0.262. The van der Waals surface area contributed by atoms with Crippen LogP contribution in [0, 0.1) is 0 Å². The number of hydrogen-bond acceptors (Lipinski definition) is 1. The molecule has 0 heterocycles. The molecule has 0 atom stereocenters. The third kappa shape index (κ3) is 4.85. The summed E-state index contributed by atoms with van der Waals surface area (Å²) < 4.78 is 39.0. The van der Waals surface area contributed by atoms with Gasteiger partial charge in [0, 0.05) is 11.1 Å². The highest BCUT2D eigenvalue weighted by Crippen LogP contribution is 2.31. The number of nitrogens with one attached hydrogen (secondary N) is 1. The van der Waals surface area contributed by atoms with Gasteiger partial charge in [-0.2, -0.15) is 13.2 Å². The molecule has 0 radical (unpaired) electrons. The quantitative estimate of drug-likeness (QED) is 0.856. The molecule has 1 amide bonds. The number of alkyl halides is 3. The van der Waals surface area contributed by atoms with Crippen LogP contribution in [0.25, 0.3) is 0 Å². The Labute approximate surface area is 139 Å². The molecule has 2 aromatic rings. The molecule has 0 saturated heterocycles. The third-order valence-electron chi connectivity index (χ3n) is 3.40. The molecular formula is C19H20F3NO. The smallest absolute Gasteiger partial charge is 0.347 e. The zero-order chi connectivity index (χ0) is 18.0. The lowest BCUT2D eigenvalue weighted by Crippen LogP contribution is -2.41. The fourth-order valence-corrected chi connectivity index (χ4v) is 2.36. The Hall–Kier alpha value is -2.30. The maximum Gasteiger partial charge on any atom is 0.416 e. The van der Waals surface area contributed by atoms with Crippen molar-refractivity contribution in [1.82, 2.24) is 5.32 Å². The Balaban J connectivity index is 2.44. The van der Waals surface area contributed by atoms with Crippen LogP contribution in [0.15, 0.2) is 48.5 Å². The van der Waals surface area contributed by atoms with Gasteiger partial charge in [0.25, 0.3) is 5.91 Å². The van der Waals surface area contributed by atoms with Gasteiger partial charge in [-0.25, -0.2) is 0 Å². The molecule has 2 aromatic carbocycles. The van der Waals surface area contributed by atoms with E-state index in [1.54, 1.807) is 0 Å². The summed E-state index contributed by atoms with van der Waals surface area (Å²) in [5.41, 5.74) is 0.256. The second-order valence-electron chi connectivity index (χ2n) is 6.74. The molecule has 0 fully saturated rings. The second kappa shape index (κ2) is 6.67. The van der Waals surface area contributed by atoms with Crippen LogP contribution in [0.4, 0.5) is 13.2 Å². The molecule has 2 nitrogen and oxygen atoms in total. The van der Waals surface area contributed by atoms with Gasteiger partial charge in [-0.3, -0.25) is 4.79 Å². The fourth-order valence-electron chi connectivity index (χ4n) is 2.36. The summed E-state index contributed by atoms with van der Waals surface area (Å²) >= 11 is 0. The van der Waals surface area contributed by atoms with Crippen molar-refractivity contribution in [1.29, 1.82) is 0 Å². The molecule has 0 aromatic heterocycles. The third-order valence-corrected chi connectivity index (χ3v) is 3.40. The minimum Gasteiger partial charge on any atom is -0.347 e. The summed E-state index contributed by atoms with van der Waals surface area (Å²) in [4.78, 5) is 12.4. The monoisotopic (exact) mass is 335 g/mol. The van der Waals surface area contributed by atoms with Gasteiger partial charge in [0.2, 0.25) is 0 Å². The first-order valence-corrected chi connectivity index (χ1v) is 7.63. The maximum atomic E-state index is 13.0. The maximum absolute atomic E-state index is 13.0. The number of carbonyl (C=O) groups excluding carboxylic acids is 1. The van der Waals surface area contributed by atoms with Gasteiger partial charge in [-0.05, 0) is 56.5 Å². The van der Waals surface area contributed by atoms with Crippen LogP contribution in [0.5, 0.6) is 0 Å². The molecule has 0 spiro atoms. The predicted octanol–water partition coefficient (Wildman–Crippen LogP) is 4.82. The molecule has 1 N–H and O–H groups in total. The van der Waals surface area contributed by atoms with E-state index in [2.05, 4.69) is 5.32 Å². The summed E-state index contributed by atoms with van der Waals surface area (Å²) in [7, 11) is 0. The first-order chi connectivity index (χ1) is 11.1. The SMILES string of the molecule is CC(C)(C)NC(=O)c1ccc(C(F)(F)F)cc1Cc1ccccc1. The lowest BCUT2D eigenvalue weighted by molar-refractivity contribution is -0.137. The Kier molecular flexibility index (Phi) is 5.02. The van der Waals surface area contributed by atoms with Crippen LogP contribution < -0.4 is 5.32 Å².